The van der Waals surface area contributed by atoms with Gasteiger partial charge >= 0.3 is 0 Å². The van der Waals surface area contributed by atoms with E-state index in [0.29, 0.717) is 52.7 Å². The van der Waals surface area contributed by atoms with Crippen LogP contribution in [-0.2, 0) is 16.2 Å². The Morgan fingerprint density at radius 2 is 0.406 bits per heavy atom. The van der Waals surface area contributed by atoms with Crippen molar-refractivity contribution in [1.82, 2.24) is 58.6 Å². The van der Waals surface area contributed by atoms with Crippen molar-refractivity contribution in [2.75, 3.05) is 0 Å². The number of rotatable bonds is 12. The summed E-state index contributed by atoms with van der Waals surface area (Å²) >= 11 is 0. The quantitative estimate of drug-likeness (QED) is 0.117. The van der Waals surface area contributed by atoms with E-state index in [1.165, 1.54) is 121 Å². The van der Waals surface area contributed by atoms with Gasteiger partial charge in [0.1, 0.15) is 0 Å². The molecular formula is C126H90N12. The first kappa shape index (κ1) is 82.3. The van der Waals surface area contributed by atoms with Crippen LogP contribution in [0.2, 0.25) is 0 Å². The van der Waals surface area contributed by atoms with Crippen molar-refractivity contribution in [1.29, 1.82) is 0 Å². The number of benzene rings is 18. The third kappa shape index (κ3) is 13.9. The van der Waals surface area contributed by atoms with Crippen molar-refractivity contribution in [3.63, 3.8) is 0 Å². The average molecular weight is 1770 g/mol. The highest BCUT2D eigenvalue weighted by molar-refractivity contribution is 6.15. The van der Waals surface area contributed by atoms with E-state index < -0.39 is 0 Å². The number of nitrogens with zero attached hydrogens (tertiary/aromatic N) is 12. The summed E-state index contributed by atoms with van der Waals surface area (Å²) < 4.78 is 6.89. The largest absolute Gasteiger partial charge is 0.309 e. The average Bonchev–Trinajstić information content (AvgIpc) is 1.56. The molecular weight excluding hydrogens is 1680 g/mol. The van der Waals surface area contributed by atoms with Gasteiger partial charge in [0.2, 0.25) is 11.9 Å². The van der Waals surface area contributed by atoms with Crippen molar-refractivity contribution in [2.45, 2.75) is 57.8 Å². The summed E-state index contributed by atoms with van der Waals surface area (Å²) in [6.07, 6.45) is 0. The van der Waals surface area contributed by atoms with Crippen LogP contribution in [-0.4, -0.2) is 58.6 Å². The van der Waals surface area contributed by atoms with Gasteiger partial charge in [-0.05, 0) is 156 Å². The molecule has 0 radical (unpaired) electrons. The molecule has 0 unspecified atom stereocenters. The highest BCUT2D eigenvalue weighted by Gasteiger charge is 2.40. The molecule has 6 heterocycles. The molecule has 24 aromatic rings. The van der Waals surface area contributed by atoms with Crippen molar-refractivity contribution in [2.24, 2.45) is 0 Å². The maximum absolute atomic E-state index is 5.18. The third-order valence-corrected chi connectivity index (χ3v) is 28.4. The van der Waals surface area contributed by atoms with Crippen LogP contribution in [0.4, 0.5) is 0 Å². The first-order valence-corrected chi connectivity index (χ1v) is 47.1. The summed E-state index contributed by atoms with van der Waals surface area (Å²) in [6.45, 7) is 14.0. The fraction of sp³-hybridized carbons (Fsp3) is 0.0714. The molecule has 0 fully saturated rings. The molecule has 654 valence electrons. The van der Waals surface area contributed by atoms with E-state index in [9.17, 15) is 0 Å². The summed E-state index contributed by atoms with van der Waals surface area (Å²) in [7, 11) is 0. The zero-order valence-corrected chi connectivity index (χ0v) is 76.9. The molecule has 3 aliphatic rings. The standard InChI is InChI=1S/C48H34N4.C42H30N4.C36H26N4/c1-48(2)41-24-13-12-23-37(41)39-29-40-38-26-25-34(31-15-6-3-7-16-31)28-43(38)52(44(40)30-42(39)48)36-22-14-21-35(27-36)47-50-45(32-17-8-4-9-18-32)49-46(51-47)33-19-10-5-11-20-33;1-42(2)35-21-13-12-20-31(35)33-25-34-32-23-22-30(27-14-6-3-7-15-27)24-37(32)46(38(34)26-36(33)42)41-44-39(28-16-8-4-9-17-28)43-40(45-41)29-18-10-5-11-19-29;1-36(2)29-19-11-9-17-25(29)27-21-28-26-18-10-12-20-31(26)40(32(28)22-30(27)36)35-38-33(23-13-5-3-6-14-23)37-34(39-35)24-15-7-4-8-16-24/h3-30H,1-2H3;3-26H,1-2H3;3-22H,1-2H3. The minimum atomic E-state index is -0.139. The van der Waals surface area contributed by atoms with Gasteiger partial charge in [-0.3, -0.25) is 9.13 Å². The van der Waals surface area contributed by atoms with Gasteiger partial charge in [0.25, 0.3) is 0 Å². The van der Waals surface area contributed by atoms with Crippen molar-refractivity contribution in [3.05, 3.63) is 470 Å². The molecule has 0 bridgehead atoms. The lowest BCUT2D eigenvalue weighted by Gasteiger charge is -2.21. The molecule has 0 saturated heterocycles. The van der Waals surface area contributed by atoms with Crippen molar-refractivity contribution < 1.29 is 0 Å². The fourth-order valence-corrected chi connectivity index (χ4v) is 21.4. The Labute approximate surface area is 799 Å². The zero-order chi connectivity index (χ0) is 92.5. The lowest BCUT2D eigenvalue weighted by molar-refractivity contribution is 0.660. The minimum Gasteiger partial charge on any atom is -0.309 e. The summed E-state index contributed by atoms with van der Waals surface area (Å²) in [5.74, 6) is 5.76. The van der Waals surface area contributed by atoms with Gasteiger partial charge in [0.15, 0.2) is 40.8 Å². The number of hydrogen-bond acceptors (Lipinski definition) is 9. The highest BCUT2D eigenvalue weighted by Crippen LogP contribution is 2.55. The number of para-hydroxylation sites is 1. The lowest BCUT2D eigenvalue weighted by Crippen LogP contribution is -2.15. The maximum atomic E-state index is 5.18. The Hall–Kier alpha value is -17.6. The van der Waals surface area contributed by atoms with Gasteiger partial charge in [0.05, 0.1) is 33.1 Å². The van der Waals surface area contributed by atoms with E-state index in [1.54, 1.807) is 0 Å². The van der Waals surface area contributed by atoms with Gasteiger partial charge in [0, 0.05) is 93.2 Å². The van der Waals surface area contributed by atoms with Gasteiger partial charge < -0.3 is 4.57 Å². The Morgan fingerprint density at radius 3 is 0.754 bits per heavy atom. The van der Waals surface area contributed by atoms with Crippen LogP contribution in [0.5, 0.6) is 0 Å². The summed E-state index contributed by atoms with van der Waals surface area (Å²) in [5, 5.41) is 7.20. The summed E-state index contributed by atoms with van der Waals surface area (Å²) in [4.78, 5) is 45.5. The van der Waals surface area contributed by atoms with E-state index in [-0.39, 0.29) is 16.2 Å². The molecule has 138 heavy (non-hydrogen) atoms. The second-order valence-electron chi connectivity index (χ2n) is 37.6. The molecule has 12 heteroatoms. The van der Waals surface area contributed by atoms with E-state index in [2.05, 4.69) is 334 Å². The molecule has 3 aliphatic carbocycles. The smallest absolute Gasteiger partial charge is 0.238 e. The van der Waals surface area contributed by atoms with Crippen LogP contribution in [0.3, 0.4) is 0 Å². The van der Waals surface area contributed by atoms with Crippen molar-refractivity contribution >= 4 is 65.4 Å². The second-order valence-corrected chi connectivity index (χ2v) is 37.6. The number of hydrogen-bond donors (Lipinski definition) is 0. The van der Waals surface area contributed by atoms with E-state index >= 15 is 0 Å². The molecule has 12 nitrogen and oxygen atoms in total. The SMILES string of the molecule is CC1(C)c2ccccc2-c2cc3c4ccc(-c5ccccc5)cc4n(-c4cccc(-c5nc(-c6ccccc6)nc(-c6ccccc6)n5)c4)c3cc21.CC1(C)c2ccccc2-c2cc3c4ccc(-c5ccccc5)cc4n(-c4nc(-c5ccccc5)nc(-c5ccccc5)n4)c3cc21.CC1(C)c2ccccc2-c2cc3c4ccccc4n(-c4nc(-c5ccccc5)nc(-c5ccccc5)n4)c3cc21. The molecule has 0 saturated carbocycles. The molecule has 0 N–H and O–H groups in total. The summed E-state index contributed by atoms with van der Waals surface area (Å²) in [6, 6.07) is 154. The van der Waals surface area contributed by atoms with Crippen LogP contribution in [0, 0.1) is 0 Å². The molecule has 18 aromatic carbocycles. The maximum Gasteiger partial charge on any atom is 0.238 e. The van der Waals surface area contributed by atoms with Crippen LogP contribution in [0.1, 0.15) is 74.9 Å². The normalized spacial score (nSPS) is 13.2. The van der Waals surface area contributed by atoms with Crippen LogP contribution < -0.4 is 0 Å². The minimum absolute atomic E-state index is 0.106. The Balaban J connectivity index is 0.000000111. The predicted molar refractivity (Wildman–Crippen MR) is 564 cm³/mol. The van der Waals surface area contributed by atoms with Gasteiger partial charge in [-0.2, -0.15) is 19.9 Å². The van der Waals surface area contributed by atoms with E-state index in [1.807, 2.05) is 158 Å². The van der Waals surface area contributed by atoms with E-state index in [0.717, 1.165) is 77.8 Å². The van der Waals surface area contributed by atoms with Crippen LogP contribution in [0.15, 0.2) is 437 Å². The molecule has 0 spiro atoms. The Kier molecular flexibility index (Phi) is 19.6. The van der Waals surface area contributed by atoms with E-state index in [4.69, 9.17) is 44.9 Å². The number of fused-ring (bicyclic) bond motifs is 18. The first-order chi connectivity index (χ1) is 67.7. The Morgan fingerprint density at radius 1 is 0.152 bits per heavy atom. The zero-order valence-electron chi connectivity index (χ0n) is 76.9. The molecule has 6 aromatic heterocycles. The van der Waals surface area contributed by atoms with Gasteiger partial charge in [-0.1, -0.05) is 412 Å². The first-order valence-electron chi connectivity index (χ1n) is 47.1. The van der Waals surface area contributed by atoms with Crippen LogP contribution >= 0.6 is 0 Å². The highest BCUT2D eigenvalue weighted by atomic mass is 15.2. The Bertz CT molecular complexity index is 8770. The molecule has 0 atom stereocenters. The van der Waals surface area contributed by atoms with Gasteiger partial charge in [-0.15, -0.1) is 0 Å². The van der Waals surface area contributed by atoms with Gasteiger partial charge in [-0.25, -0.2) is 24.9 Å². The molecule has 0 aliphatic heterocycles. The second kappa shape index (κ2) is 32.9. The third-order valence-electron chi connectivity index (χ3n) is 28.4. The van der Waals surface area contributed by atoms with Crippen LogP contribution in [0.25, 0.3) is 218 Å². The van der Waals surface area contributed by atoms with Crippen molar-refractivity contribution in [3.8, 4) is 153 Å². The topological polar surface area (TPSA) is 131 Å². The number of aromatic nitrogens is 12. The fourth-order valence-electron chi connectivity index (χ4n) is 21.4. The lowest BCUT2D eigenvalue weighted by atomic mass is 9.82. The monoisotopic (exact) mass is 1770 g/mol. The molecule has 27 rings (SSSR count). The predicted octanol–water partition coefficient (Wildman–Crippen LogP) is 30.8. The summed E-state index contributed by atoms with van der Waals surface area (Å²) in [5.41, 5.74) is 34.7. The molecule has 0 amide bonds.